The van der Waals surface area contributed by atoms with Gasteiger partial charge in [0, 0.05) is 18.0 Å². The molecule has 190 valence electrons. The molecule has 0 saturated heterocycles. The molecule has 2 aliphatic rings. The molecule has 1 aliphatic carbocycles. The Hall–Kier alpha value is -2.83. The fraction of sp³-hybridized carbons (Fsp3) is 0.607. The summed E-state index contributed by atoms with van der Waals surface area (Å²) in [6.45, 7) is 12.8. The van der Waals surface area contributed by atoms with Crippen molar-refractivity contribution in [1.82, 2.24) is 20.0 Å². The number of fused-ring (bicyclic) bond motifs is 1. The van der Waals surface area contributed by atoms with Gasteiger partial charge in [-0.15, -0.1) is 0 Å². The monoisotopic (exact) mass is 480 g/mol. The Morgan fingerprint density at radius 1 is 1.17 bits per heavy atom. The number of nitrogens with zero attached hydrogens (tertiary/aromatic N) is 3. The van der Waals surface area contributed by atoms with Gasteiger partial charge in [0.25, 0.3) is 5.91 Å². The summed E-state index contributed by atoms with van der Waals surface area (Å²) < 4.78 is 7.50. The maximum absolute atomic E-state index is 13.8. The first-order valence-electron chi connectivity index (χ1n) is 12.9. The molecule has 0 spiro atoms. The van der Waals surface area contributed by atoms with Crippen molar-refractivity contribution in [3.63, 3.8) is 0 Å². The zero-order valence-corrected chi connectivity index (χ0v) is 22.1. The second kappa shape index (κ2) is 9.67. The minimum absolute atomic E-state index is 0.0913. The van der Waals surface area contributed by atoms with Crippen LogP contribution < -0.4 is 10.1 Å². The van der Waals surface area contributed by atoms with Gasteiger partial charge in [0.05, 0.1) is 18.3 Å². The van der Waals surface area contributed by atoms with Crippen molar-refractivity contribution in [3.05, 3.63) is 47.3 Å². The lowest BCUT2D eigenvalue weighted by atomic mass is 9.90. The molecule has 7 heteroatoms. The van der Waals surface area contributed by atoms with Crippen LogP contribution in [-0.4, -0.2) is 44.2 Å². The minimum Gasteiger partial charge on any atom is -0.491 e. The van der Waals surface area contributed by atoms with Crippen molar-refractivity contribution < 1.29 is 14.3 Å². The second-order valence-corrected chi connectivity index (χ2v) is 11.6. The van der Waals surface area contributed by atoms with Gasteiger partial charge >= 0.3 is 0 Å². The Kier molecular flexibility index (Phi) is 6.98. The van der Waals surface area contributed by atoms with Gasteiger partial charge in [0.2, 0.25) is 5.91 Å². The first-order chi connectivity index (χ1) is 16.5. The van der Waals surface area contributed by atoms with Crippen molar-refractivity contribution in [3.8, 4) is 5.75 Å². The Balaban J connectivity index is 1.66. The van der Waals surface area contributed by atoms with Crippen LogP contribution in [0.5, 0.6) is 5.75 Å². The van der Waals surface area contributed by atoms with E-state index in [1.807, 2.05) is 51.1 Å². The smallest absolute Gasteiger partial charge is 0.273 e. The number of carbonyl (C=O) groups is 2. The van der Waals surface area contributed by atoms with Gasteiger partial charge in [0.15, 0.2) is 0 Å². The highest BCUT2D eigenvalue weighted by Crippen LogP contribution is 2.32. The van der Waals surface area contributed by atoms with E-state index in [9.17, 15) is 9.59 Å². The van der Waals surface area contributed by atoms with Crippen molar-refractivity contribution in [2.45, 2.75) is 110 Å². The number of hydrogen-bond acceptors (Lipinski definition) is 4. The number of rotatable bonds is 6. The van der Waals surface area contributed by atoms with Crippen molar-refractivity contribution in [2.24, 2.45) is 0 Å². The molecule has 0 radical (unpaired) electrons. The molecule has 2 amide bonds. The highest BCUT2D eigenvalue weighted by Gasteiger charge is 2.48. The highest BCUT2D eigenvalue weighted by molar-refractivity contribution is 5.99. The summed E-state index contributed by atoms with van der Waals surface area (Å²) in [5.41, 5.74) is 1.11. The van der Waals surface area contributed by atoms with E-state index < -0.39 is 5.54 Å². The Labute approximate surface area is 209 Å². The summed E-state index contributed by atoms with van der Waals surface area (Å²) in [4.78, 5) is 29.3. The molecule has 7 nitrogen and oxygen atoms in total. The molecule has 2 heterocycles. The van der Waals surface area contributed by atoms with Gasteiger partial charge in [-0.1, -0.05) is 52.2 Å². The Morgan fingerprint density at radius 3 is 2.43 bits per heavy atom. The summed E-state index contributed by atoms with van der Waals surface area (Å²) in [7, 11) is 0. The summed E-state index contributed by atoms with van der Waals surface area (Å²) in [5.74, 6) is 0.526. The molecule has 1 aliphatic heterocycles. The topological polar surface area (TPSA) is 76.5 Å². The predicted molar refractivity (Wildman–Crippen MR) is 136 cm³/mol. The summed E-state index contributed by atoms with van der Waals surface area (Å²) in [5, 5.41) is 8.02. The van der Waals surface area contributed by atoms with E-state index in [2.05, 4.69) is 26.1 Å². The van der Waals surface area contributed by atoms with Crippen LogP contribution in [0.25, 0.3) is 0 Å². The van der Waals surface area contributed by atoms with E-state index in [1.165, 1.54) is 6.42 Å². The number of benzene rings is 1. The summed E-state index contributed by atoms with van der Waals surface area (Å²) in [6, 6.07) is 9.83. The largest absolute Gasteiger partial charge is 0.491 e. The zero-order chi connectivity index (χ0) is 25.4. The number of carbonyl (C=O) groups excluding carboxylic acids is 2. The van der Waals surface area contributed by atoms with Crippen molar-refractivity contribution in [1.29, 1.82) is 0 Å². The molecule has 0 unspecified atom stereocenters. The van der Waals surface area contributed by atoms with Crippen LogP contribution in [0.3, 0.4) is 0 Å². The third-order valence-electron chi connectivity index (χ3n) is 7.13. The zero-order valence-electron chi connectivity index (χ0n) is 22.1. The van der Waals surface area contributed by atoms with E-state index in [-0.39, 0.29) is 29.4 Å². The highest BCUT2D eigenvalue weighted by atomic mass is 16.5. The molecule has 1 aromatic heterocycles. The first-order valence-corrected chi connectivity index (χ1v) is 12.9. The fourth-order valence-electron chi connectivity index (χ4n) is 4.97. The molecule has 2 aromatic rings. The lowest BCUT2D eigenvalue weighted by Gasteiger charge is -2.44. The second-order valence-electron chi connectivity index (χ2n) is 11.6. The lowest BCUT2D eigenvalue weighted by Crippen LogP contribution is -2.64. The quantitative estimate of drug-likeness (QED) is 0.642. The Bertz CT molecular complexity index is 1060. The molecular weight excluding hydrogens is 440 g/mol. The van der Waals surface area contributed by atoms with Crippen LogP contribution >= 0.6 is 0 Å². The third kappa shape index (κ3) is 5.39. The number of ether oxygens (including phenoxy) is 1. The molecule has 35 heavy (non-hydrogen) atoms. The maximum atomic E-state index is 13.8. The van der Waals surface area contributed by atoms with Crippen LogP contribution in [0.15, 0.2) is 30.3 Å². The lowest BCUT2D eigenvalue weighted by molar-refractivity contribution is -0.134. The van der Waals surface area contributed by atoms with Gasteiger partial charge in [-0.25, -0.2) is 0 Å². The number of amides is 2. The summed E-state index contributed by atoms with van der Waals surface area (Å²) >= 11 is 0. The fourth-order valence-corrected chi connectivity index (χ4v) is 4.97. The third-order valence-corrected chi connectivity index (χ3v) is 7.13. The van der Waals surface area contributed by atoms with Crippen LogP contribution in [0.2, 0.25) is 0 Å². The van der Waals surface area contributed by atoms with Crippen molar-refractivity contribution >= 4 is 11.8 Å². The Morgan fingerprint density at radius 2 is 1.83 bits per heavy atom. The maximum Gasteiger partial charge on any atom is 0.273 e. The standard InChI is InChI=1S/C28H40N4O3/c1-19(2)35-22-14-12-20(13-15-22)17-31-25(33)23-16-24(27(3,4)5)30-32(23)18-28(31,6)26(34)29-21-10-8-7-9-11-21/h12-16,19,21H,7-11,17-18H2,1-6H3,(H,29,34)/t28-/m0/s1. The van der Waals surface area contributed by atoms with Gasteiger partial charge in [0.1, 0.15) is 17.0 Å². The average molecular weight is 481 g/mol. The predicted octanol–water partition coefficient (Wildman–Crippen LogP) is 4.83. The molecule has 1 fully saturated rings. The van der Waals surface area contributed by atoms with Gasteiger partial charge in [-0.3, -0.25) is 14.3 Å². The number of aromatic nitrogens is 2. The van der Waals surface area contributed by atoms with Crippen LogP contribution in [0, 0.1) is 0 Å². The van der Waals surface area contributed by atoms with E-state index in [1.54, 1.807) is 9.58 Å². The summed E-state index contributed by atoms with van der Waals surface area (Å²) in [6.07, 6.45) is 5.56. The van der Waals surface area contributed by atoms with Gasteiger partial charge in [-0.2, -0.15) is 5.10 Å². The molecular formula is C28H40N4O3. The average Bonchev–Trinajstić information content (AvgIpc) is 3.22. The normalized spacial score (nSPS) is 21.2. The molecule has 1 saturated carbocycles. The van der Waals surface area contributed by atoms with Crippen molar-refractivity contribution in [2.75, 3.05) is 0 Å². The van der Waals surface area contributed by atoms with E-state index in [4.69, 9.17) is 9.84 Å². The number of nitrogens with one attached hydrogen (secondary N) is 1. The minimum atomic E-state index is -1.05. The van der Waals surface area contributed by atoms with Gasteiger partial charge < -0.3 is 15.0 Å². The number of hydrogen-bond donors (Lipinski definition) is 1. The van der Waals surface area contributed by atoms with Crippen LogP contribution in [-0.2, 0) is 23.3 Å². The van der Waals surface area contributed by atoms with Gasteiger partial charge in [-0.05, 0) is 57.4 Å². The van der Waals surface area contributed by atoms with E-state index in [0.29, 0.717) is 18.8 Å². The molecule has 1 aromatic carbocycles. The molecule has 0 bridgehead atoms. The van der Waals surface area contributed by atoms with Crippen LogP contribution in [0.4, 0.5) is 0 Å². The molecule has 1 N–H and O–H groups in total. The van der Waals surface area contributed by atoms with Crippen LogP contribution in [0.1, 0.15) is 95.4 Å². The SMILES string of the molecule is CC(C)Oc1ccc(CN2C(=O)c3cc(C(C)(C)C)nn3C[C@@]2(C)C(=O)NC2CCCCC2)cc1. The molecule has 4 rings (SSSR count). The van der Waals surface area contributed by atoms with E-state index >= 15 is 0 Å². The van der Waals surface area contributed by atoms with E-state index in [0.717, 1.165) is 42.7 Å². The molecule has 1 atom stereocenters. The first kappa shape index (κ1) is 25.3.